The van der Waals surface area contributed by atoms with Gasteiger partial charge in [-0.2, -0.15) is 0 Å². The van der Waals surface area contributed by atoms with Crippen molar-refractivity contribution in [1.29, 1.82) is 0 Å². The summed E-state index contributed by atoms with van der Waals surface area (Å²) < 4.78 is 0. The number of aliphatic hydroxyl groups is 1. The van der Waals surface area contributed by atoms with Crippen molar-refractivity contribution in [3.05, 3.63) is 0 Å². The van der Waals surface area contributed by atoms with Crippen LogP contribution in [0, 0.1) is 5.41 Å². The molecule has 1 fully saturated rings. The van der Waals surface area contributed by atoms with Gasteiger partial charge in [-0.25, -0.2) is 0 Å². The fourth-order valence-corrected chi connectivity index (χ4v) is 1.69. The lowest BCUT2D eigenvalue weighted by molar-refractivity contribution is 0.112. The summed E-state index contributed by atoms with van der Waals surface area (Å²) in [6.45, 7) is 7.26. The Kier molecular flexibility index (Phi) is 3.74. The Balaban J connectivity index is 2.06. The van der Waals surface area contributed by atoms with Crippen molar-refractivity contribution in [3.63, 3.8) is 0 Å². The summed E-state index contributed by atoms with van der Waals surface area (Å²) in [6.07, 6.45) is 4.64. The Hall–Kier alpha value is -0.0800. The molecular formula is C11H23NO. The van der Waals surface area contributed by atoms with E-state index in [9.17, 15) is 5.11 Å². The van der Waals surface area contributed by atoms with Gasteiger partial charge in [0.1, 0.15) is 0 Å². The first-order valence-corrected chi connectivity index (χ1v) is 5.39. The lowest BCUT2D eigenvalue weighted by Gasteiger charge is -2.29. The molecule has 13 heavy (non-hydrogen) atoms. The van der Waals surface area contributed by atoms with E-state index in [-0.39, 0.29) is 11.5 Å². The summed E-state index contributed by atoms with van der Waals surface area (Å²) >= 11 is 0. The highest BCUT2D eigenvalue weighted by molar-refractivity contribution is 4.78. The van der Waals surface area contributed by atoms with Crippen LogP contribution in [0.2, 0.25) is 0 Å². The molecule has 0 aromatic rings. The summed E-state index contributed by atoms with van der Waals surface area (Å²) in [5.74, 6) is 0. The Morgan fingerprint density at radius 3 is 2.38 bits per heavy atom. The molecule has 0 amide bonds. The first-order chi connectivity index (χ1) is 5.97. The van der Waals surface area contributed by atoms with Crippen molar-refractivity contribution >= 4 is 0 Å². The van der Waals surface area contributed by atoms with Crippen LogP contribution in [0.1, 0.15) is 46.5 Å². The van der Waals surface area contributed by atoms with E-state index < -0.39 is 0 Å². The molecule has 2 heteroatoms. The molecule has 1 atom stereocenters. The van der Waals surface area contributed by atoms with E-state index in [1.165, 1.54) is 19.3 Å². The van der Waals surface area contributed by atoms with Gasteiger partial charge in [0.15, 0.2) is 0 Å². The molecule has 0 bridgehead atoms. The van der Waals surface area contributed by atoms with Crippen LogP contribution in [-0.4, -0.2) is 23.8 Å². The van der Waals surface area contributed by atoms with Gasteiger partial charge < -0.3 is 10.4 Å². The molecule has 0 aromatic carbocycles. The average molecular weight is 185 g/mol. The molecule has 0 spiro atoms. The third-order valence-corrected chi connectivity index (χ3v) is 2.60. The van der Waals surface area contributed by atoms with Crippen molar-refractivity contribution in [2.75, 3.05) is 6.54 Å². The monoisotopic (exact) mass is 185 g/mol. The minimum atomic E-state index is -0.180. The maximum atomic E-state index is 9.69. The number of aliphatic hydroxyl groups excluding tert-OH is 1. The van der Waals surface area contributed by atoms with Crippen molar-refractivity contribution in [3.8, 4) is 0 Å². The minimum absolute atomic E-state index is 0.180. The number of rotatable bonds is 4. The topological polar surface area (TPSA) is 32.3 Å². The second kappa shape index (κ2) is 4.43. The fourth-order valence-electron chi connectivity index (χ4n) is 1.69. The highest BCUT2D eigenvalue weighted by Crippen LogP contribution is 2.21. The molecule has 0 saturated heterocycles. The van der Waals surface area contributed by atoms with Crippen molar-refractivity contribution in [2.24, 2.45) is 5.41 Å². The smallest absolute Gasteiger partial charge is 0.0669 e. The van der Waals surface area contributed by atoms with Crippen LogP contribution in [0.4, 0.5) is 0 Å². The first-order valence-electron chi connectivity index (χ1n) is 5.39. The van der Waals surface area contributed by atoms with Gasteiger partial charge >= 0.3 is 0 Å². The summed E-state index contributed by atoms with van der Waals surface area (Å²) in [5.41, 5.74) is 0.237. The van der Waals surface area contributed by atoms with E-state index >= 15 is 0 Å². The van der Waals surface area contributed by atoms with Gasteiger partial charge in [0.05, 0.1) is 6.10 Å². The summed E-state index contributed by atoms with van der Waals surface area (Å²) in [5, 5.41) is 13.1. The molecule has 1 aliphatic rings. The van der Waals surface area contributed by atoms with Crippen LogP contribution in [0.3, 0.4) is 0 Å². The van der Waals surface area contributed by atoms with Crippen LogP contribution in [0.15, 0.2) is 0 Å². The van der Waals surface area contributed by atoms with Gasteiger partial charge in [0.2, 0.25) is 0 Å². The van der Waals surface area contributed by atoms with Gasteiger partial charge in [-0.05, 0) is 24.7 Å². The molecule has 1 rings (SSSR count). The van der Waals surface area contributed by atoms with Crippen molar-refractivity contribution in [2.45, 2.75) is 58.6 Å². The summed E-state index contributed by atoms with van der Waals surface area (Å²) in [6, 6.07) is 0.689. The van der Waals surface area contributed by atoms with Gasteiger partial charge in [0.25, 0.3) is 0 Å². The third-order valence-electron chi connectivity index (χ3n) is 2.60. The Morgan fingerprint density at radius 1 is 1.38 bits per heavy atom. The van der Waals surface area contributed by atoms with E-state index in [2.05, 4.69) is 26.1 Å². The average Bonchev–Trinajstić information content (AvgIpc) is 1.78. The maximum absolute atomic E-state index is 9.69. The molecule has 0 aliphatic heterocycles. The second-order valence-electron chi connectivity index (χ2n) is 5.45. The van der Waals surface area contributed by atoms with Gasteiger partial charge in [-0.15, -0.1) is 0 Å². The quantitative estimate of drug-likeness (QED) is 0.701. The summed E-state index contributed by atoms with van der Waals surface area (Å²) in [7, 11) is 0. The van der Waals surface area contributed by atoms with Crippen LogP contribution in [-0.2, 0) is 0 Å². The van der Waals surface area contributed by atoms with Crippen LogP contribution >= 0.6 is 0 Å². The Morgan fingerprint density at radius 2 is 2.00 bits per heavy atom. The first kappa shape index (κ1) is 11.0. The third kappa shape index (κ3) is 4.63. The van der Waals surface area contributed by atoms with Crippen molar-refractivity contribution in [1.82, 2.24) is 5.32 Å². The van der Waals surface area contributed by atoms with Crippen molar-refractivity contribution < 1.29 is 5.11 Å². The standard InChI is InChI=1S/C11H23NO/c1-11(2,3)7-10(13)8-12-9-5-4-6-9/h9-10,12-13H,4-8H2,1-3H3. The zero-order valence-corrected chi connectivity index (χ0v) is 9.14. The lowest BCUT2D eigenvalue weighted by Crippen LogP contribution is -2.40. The summed E-state index contributed by atoms with van der Waals surface area (Å²) in [4.78, 5) is 0. The molecule has 0 radical (unpaired) electrons. The fraction of sp³-hybridized carbons (Fsp3) is 1.00. The number of hydrogen-bond acceptors (Lipinski definition) is 2. The predicted octanol–water partition coefficient (Wildman–Crippen LogP) is 1.93. The number of hydrogen-bond donors (Lipinski definition) is 2. The van der Waals surface area contributed by atoms with E-state index in [4.69, 9.17) is 0 Å². The molecule has 78 valence electrons. The van der Waals surface area contributed by atoms with E-state index in [0.717, 1.165) is 13.0 Å². The van der Waals surface area contributed by atoms with Crippen LogP contribution < -0.4 is 5.32 Å². The molecule has 0 aromatic heterocycles. The van der Waals surface area contributed by atoms with Crippen LogP contribution in [0.5, 0.6) is 0 Å². The second-order valence-corrected chi connectivity index (χ2v) is 5.45. The van der Waals surface area contributed by atoms with Crippen LogP contribution in [0.25, 0.3) is 0 Å². The van der Waals surface area contributed by atoms with E-state index in [1.807, 2.05) is 0 Å². The number of nitrogens with one attached hydrogen (secondary N) is 1. The zero-order chi connectivity index (χ0) is 9.90. The predicted molar refractivity (Wildman–Crippen MR) is 55.7 cm³/mol. The Labute approximate surface area is 81.7 Å². The maximum Gasteiger partial charge on any atom is 0.0669 e. The molecular weight excluding hydrogens is 162 g/mol. The highest BCUT2D eigenvalue weighted by Gasteiger charge is 2.20. The molecule has 1 unspecified atom stereocenters. The largest absolute Gasteiger partial charge is 0.392 e. The Bertz CT molecular complexity index is 147. The van der Waals surface area contributed by atoms with E-state index in [0.29, 0.717) is 6.04 Å². The van der Waals surface area contributed by atoms with Gasteiger partial charge in [-0.1, -0.05) is 27.2 Å². The highest BCUT2D eigenvalue weighted by atomic mass is 16.3. The zero-order valence-electron chi connectivity index (χ0n) is 9.14. The van der Waals surface area contributed by atoms with Gasteiger partial charge in [-0.3, -0.25) is 0 Å². The molecule has 2 nitrogen and oxygen atoms in total. The molecule has 2 N–H and O–H groups in total. The lowest BCUT2D eigenvalue weighted by atomic mass is 9.88. The minimum Gasteiger partial charge on any atom is -0.392 e. The normalized spacial score (nSPS) is 21.2. The van der Waals surface area contributed by atoms with E-state index in [1.54, 1.807) is 0 Å². The SMILES string of the molecule is CC(C)(C)CC(O)CNC1CCC1. The molecule has 1 aliphatic carbocycles. The molecule has 1 saturated carbocycles. The molecule has 0 heterocycles. The van der Waals surface area contributed by atoms with Gasteiger partial charge in [0, 0.05) is 12.6 Å².